The molecule has 0 unspecified atom stereocenters. The SMILES string of the molecule is COc1cc(C(=O)O[C@@H](C)C(=O)c2ccccc2)cc(OC)c1OC. The highest BCUT2D eigenvalue weighted by Crippen LogP contribution is 2.38. The lowest BCUT2D eigenvalue weighted by Crippen LogP contribution is -2.24. The van der Waals surface area contributed by atoms with Gasteiger partial charge < -0.3 is 18.9 Å². The van der Waals surface area contributed by atoms with Crippen LogP contribution >= 0.6 is 0 Å². The summed E-state index contributed by atoms with van der Waals surface area (Å²) in [6.07, 6.45) is -0.922. The van der Waals surface area contributed by atoms with Crippen LogP contribution in [0.1, 0.15) is 27.6 Å². The van der Waals surface area contributed by atoms with Gasteiger partial charge in [-0.3, -0.25) is 4.79 Å². The summed E-state index contributed by atoms with van der Waals surface area (Å²) in [6, 6.07) is 11.6. The zero-order valence-corrected chi connectivity index (χ0v) is 14.6. The number of carbonyl (C=O) groups is 2. The summed E-state index contributed by atoms with van der Waals surface area (Å²) in [5, 5.41) is 0. The maximum atomic E-state index is 12.4. The molecular formula is C19H20O6. The molecule has 0 spiro atoms. The van der Waals surface area contributed by atoms with E-state index in [1.54, 1.807) is 24.3 Å². The average molecular weight is 344 g/mol. The van der Waals surface area contributed by atoms with Gasteiger partial charge in [-0.2, -0.15) is 0 Å². The molecule has 0 amide bonds. The number of Topliss-reactive ketones (excluding diaryl/α,β-unsaturated/α-hetero) is 1. The number of methoxy groups -OCH3 is 3. The van der Waals surface area contributed by atoms with Gasteiger partial charge in [-0.25, -0.2) is 4.79 Å². The van der Waals surface area contributed by atoms with Gasteiger partial charge in [-0.1, -0.05) is 30.3 Å². The van der Waals surface area contributed by atoms with Crippen LogP contribution in [-0.2, 0) is 4.74 Å². The molecule has 1 atom stereocenters. The molecule has 0 bridgehead atoms. The Morgan fingerprint density at radius 1 is 0.840 bits per heavy atom. The maximum Gasteiger partial charge on any atom is 0.339 e. The first kappa shape index (κ1) is 18.3. The molecule has 0 fully saturated rings. The number of esters is 1. The molecule has 0 saturated carbocycles. The van der Waals surface area contributed by atoms with Gasteiger partial charge in [-0.15, -0.1) is 0 Å². The van der Waals surface area contributed by atoms with Gasteiger partial charge in [-0.05, 0) is 19.1 Å². The van der Waals surface area contributed by atoms with E-state index in [1.807, 2.05) is 6.07 Å². The summed E-state index contributed by atoms with van der Waals surface area (Å²) in [7, 11) is 4.38. The third-order valence-electron chi connectivity index (χ3n) is 3.61. The first-order valence-electron chi connectivity index (χ1n) is 7.62. The summed E-state index contributed by atoms with van der Waals surface area (Å²) in [5.41, 5.74) is 0.676. The van der Waals surface area contributed by atoms with Crippen molar-refractivity contribution in [1.82, 2.24) is 0 Å². The molecule has 2 rings (SSSR count). The molecule has 0 aromatic heterocycles. The average Bonchev–Trinajstić information content (AvgIpc) is 2.66. The fourth-order valence-electron chi connectivity index (χ4n) is 2.32. The number of hydrogen-bond acceptors (Lipinski definition) is 6. The van der Waals surface area contributed by atoms with Crippen molar-refractivity contribution in [2.24, 2.45) is 0 Å². The lowest BCUT2D eigenvalue weighted by Gasteiger charge is -2.15. The Hall–Kier alpha value is -3.02. The van der Waals surface area contributed by atoms with Crippen molar-refractivity contribution in [2.45, 2.75) is 13.0 Å². The van der Waals surface area contributed by atoms with Crippen LogP contribution in [0.4, 0.5) is 0 Å². The predicted octanol–water partition coefficient (Wildman–Crippen LogP) is 3.14. The molecule has 0 aliphatic carbocycles. The summed E-state index contributed by atoms with van der Waals surface area (Å²) in [5.74, 6) is 0.0964. The van der Waals surface area contributed by atoms with E-state index in [4.69, 9.17) is 18.9 Å². The van der Waals surface area contributed by atoms with Crippen LogP contribution in [0.2, 0.25) is 0 Å². The number of ether oxygens (including phenoxy) is 4. The molecule has 0 radical (unpaired) electrons. The first-order valence-corrected chi connectivity index (χ1v) is 7.62. The van der Waals surface area contributed by atoms with Crippen molar-refractivity contribution in [2.75, 3.05) is 21.3 Å². The fourth-order valence-corrected chi connectivity index (χ4v) is 2.32. The molecule has 0 aliphatic heterocycles. The second-order valence-corrected chi connectivity index (χ2v) is 5.19. The van der Waals surface area contributed by atoms with Gasteiger partial charge in [0.05, 0.1) is 26.9 Å². The number of benzene rings is 2. The summed E-state index contributed by atoms with van der Waals surface area (Å²) in [6.45, 7) is 1.53. The van der Waals surface area contributed by atoms with E-state index < -0.39 is 12.1 Å². The summed E-state index contributed by atoms with van der Waals surface area (Å²) >= 11 is 0. The third-order valence-corrected chi connectivity index (χ3v) is 3.61. The Labute approximate surface area is 146 Å². The number of rotatable bonds is 7. The van der Waals surface area contributed by atoms with Crippen molar-refractivity contribution in [3.63, 3.8) is 0 Å². The Balaban J connectivity index is 2.21. The normalized spacial score (nSPS) is 11.4. The number of carbonyl (C=O) groups excluding carboxylic acids is 2. The molecular weight excluding hydrogens is 324 g/mol. The molecule has 0 heterocycles. The number of hydrogen-bond donors (Lipinski definition) is 0. The lowest BCUT2D eigenvalue weighted by molar-refractivity contribution is 0.0318. The minimum Gasteiger partial charge on any atom is -0.493 e. The molecule has 0 saturated heterocycles. The highest BCUT2D eigenvalue weighted by atomic mass is 16.5. The molecule has 25 heavy (non-hydrogen) atoms. The van der Waals surface area contributed by atoms with Crippen LogP contribution in [0.25, 0.3) is 0 Å². The van der Waals surface area contributed by atoms with E-state index in [-0.39, 0.29) is 11.3 Å². The fraction of sp³-hybridized carbons (Fsp3) is 0.263. The molecule has 0 N–H and O–H groups in total. The van der Waals surface area contributed by atoms with Crippen LogP contribution in [0.15, 0.2) is 42.5 Å². The van der Waals surface area contributed by atoms with Crippen molar-refractivity contribution >= 4 is 11.8 Å². The van der Waals surface area contributed by atoms with Gasteiger partial charge in [0.15, 0.2) is 17.6 Å². The van der Waals surface area contributed by atoms with Crippen molar-refractivity contribution in [3.8, 4) is 17.2 Å². The topological polar surface area (TPSA) is 71.1 Å². The maximum absolute atomic E-state index is 12.4. The molecule has 2 aromatic carbocycles. The minimum absolute atomic E-state index is 0.196. The second-order valence-electron chi connectivity index (χ2n) is 5.19. The van der Waals surface area contributed by atoms with E-state index >= 15 is 0 Å². The smallest absolute Gasteiger partial charge is 0.339 e. The van der Waals surface area contributed by atoms with Gasteiger partial charge >= 0.3 is 5.97 Å². The largest absolute Gasteiger partial charge is 0.493 e. The van der Waals surface area contributed by atoms with Crippen LogP contribution in [0, 0.1) is 0 Å². The van der Waals surface area contributed by atoms with Crippen molar-refractivity contribution < 1.29 is 28.5 Å². The predicted molar refractivity (Wildman–Crippen MR) is 91.7 cm³/mol. The summed E-state index contributed by atoms with van der Waals surface area (Å²) < 4.78 is 20.9. The van der Waals surface area contributed by atoms with Crippen LogP contribution in [0.5, 0.6) is 17.2 Å². The first-order chi connectivity index (χ1) is 12.0. The second kappa shape index (κ2) is 8.19. The highest BCUT2D eigenvalue weighted by molar-refractivity contribution is 6.01. The van der Waals surface area contributed by atoms with Gasteiger partial charge in [0.1, 0.15) is 0 Å². The Morgan fingerprint density at radius 3 is 1.88 bits per heavy atom. The monoisotopic (exact) mass is 344 g/mol. The zero-order valence-electron chi connectivity index (χ0n) is 14.6. The Morgan fingerprint density at radius 2 is 1.40 bits per heavy atom. The van der Waals surface area contributed by atoms with Crippen molar-refractivity contribution in [1.29, 1.82) is 0 Å². The van der Waals surface area contributed by atoms with Gasteiger partial charge in [0.2, 0.25) is 11.5 Å². The van der Waals surface area contributed by atoms with Crippen molar-refractivity contribution in [3.05, 3.63) is 53.6 Å². The van der Waals surface area contributed by atoms with Crippen LogP contribution < -0.4 is 14.2 Å². The van der Waals surface area contributed by atoms with E-state index in [0.29, 0.717) is 22.8 Å². The third kappa shape index (κ3) is 4.09. The molecule has 0 aliphatic rings. The molecule has 132 valence electrons. The van der Waals surface area contributed by atoms with Crippen LogP contribution in [-0.4, -0.2) is 39.2 Å². The van der Waals surface area contributed by atoms with E-state index in [2.05, 4.69) is 0 Å². The molecule has 2 aromatic rings. The van der Waals surface area contributed by atoms with E-state index in [0.717, 1.165) is 0 Å². The van der Waals surface area contributed by atoms with Gasteiger partial charge in [0, 0.05) is 5.56 Å². The number of ketones is 1. The summed E-state index contributed by atoms with van der Waals surface area (Å²) in [4.78, 5) is 24.7. The quantitative estimate of drug-likeness (QED) is 0.568. The van der Waals surface area contributed by atoms with Crippen LogP contribution in [0.3, 0.4) is 0 Å². The van der Waals surface area contributed by atoms with E-state index in [9.17, 15) is 9.59 Å². The standard InChI is InChI=1S/C19H20O6/c1-12(17(20)13-8-6-5-7-9-13)25-19(21)14-10-15(22-2)18(24-4)16(11-14)23-3/h5-12H,1-4H3/t12-/m0/s1. The highest BCUT2D eigenvalue weighted by Gasteiger charge is 2.23. The Kier molecular flexibility index (Phi) is 6.00. The van der Waals surface area contributed by atoms with E-state index in [1.165, 1.54) is 40.4 Å². The minimum atomic E-state index is -0.922. The lowest BCUT2D eigenvalue weighted by atomic mass is 10.1. The van der Waals surface area contributed by atoms with Gasteiger partial charge in [0.25, 0.3) is 0 Å². The molecule has 6 heteroatoms. The molecule has 6 nitrogen and oxygen atoms in total. The zero-order chi connectivity index (χ0) is 18.4. The Bertz CT molecular complexity index is 729.